The molecule has 1 heterocycles. The molecule has 0 bridgehead atoms. The van der Waals surface area contributed by atoms with Crippen molar-refractivity contribution >= 4 is 5.91 Å². The molecule has 0 aliphatic carbocycles. The van der Waals surface area contributed by atoms with E-state index in [0.717, 1.165) is 5.56 Å². The molecule has 17 heavy (non-hydrogen) atoms. The molecular weight excluding hydrogens is 219 g/mol. The molecule has 3 nitrogen and oxygen atoms in total. The van der Waals surface area contributed by atoms with Crippen LogP contribution in [-0.4, -0.2) is 17.4 Å². The van der Waals surface area contributed by atoms with Crippen molar-refractivity contribution in [3.63, 3.8) is 0 Å². The lowest BCUT2D eigenvalue weighted by Gasteiger charge is -2.29. The van der Waals surface area contributed by atoms with Gasteiger partial charge in [0.25, 0.3) is 0 Å². The maximum atomic E-state index is 13.0. The number of piperidine rings is 1. The maximum absolute atomic E-state index is 13.0. The van der Waals surface area contributed by atoms with Crippen molar-refractivity contribution in [3.8, 4) is 6.07 Å². The molecule has 1 fully saturated rings. The first kappa shape index (κ1) is 11.6. The SMILES string of the molecule is N#CC1CCN(Cc2cccc(F)c2)C(=O)C1. The van der Waals surface area contributed by atoms with Gasteiger partial charge >= 0.3 is 0 Å². The van der Waals surface area contributed by atoms with E-state index in [1.54, 1.807) is 17.0 Å². The van der Waals surface area contributed by atoms with Gasteiger partial charge in [-0.15, -0.1) is 0 Å². The number of likely N-dealkylation sites (tertiary alicyclic amines) is 1. The van der Waals surface area contributed by atoms with Crippen LogP contribution in [-0.2, 0) is 11.3 Å². The van der Waals surface area contributed by atoms with E-state index < -0.39 is 0 Å². The van der Waals surface area contributed by atoms with Gasteiger partial charge in [-0.2, -0.15) is 5.26 Å². The quantitative estimate of drug-likeness (QED) is 0.783. The van der Waals surface area contributed by atoms with Gasteiger partial charge in [-0.1, -0.05) is 12.1 Å². The highest BCUT2D eigenvalue weighted by atomic mass is 19.1. The van der Waals surface area contributed by atoms with Gasteiger partial charge in [0.05, 0.1) is 12.0 Å². The third kappa shape index (κ3) is 2.82. The molecule has 1 saturated heterocycles. The van der Waals surface area contributed by atoms with E-state index >= 15 is 0 Å². The third-order valence-electron chi connectivity index (χ3n) is 2.97. The van der Waals surface area contributed by atoms with Crippen molar-refractivity contribution < 1.29 is 9.18 Å². The Bertz CT molecular complexity index is 467. The van der Waals surface area contributed by atoms with Crippen LogP contribution in [0, 0.1) is 23.1 Å². The molecule has 2 rings (SSSR count). The van der Waals surface area contributed by atoms with Gasteiger partial charge < -0.3 is 4.90 Å². The molecule has 4 heteroatoms. The Kier molecular flexibility index (Phi) is 3.38. The predicted octanol–water partition coefficient (Wildman–Crippen LogP) is 2.09. The number of hydrogen-bond acceptors (Lipinski definition) is 2. The summed E-state index contributed by atoms with van der Waals surface area (Å²) in [4.78, 5) is 13.4. The van der Waals surface area contributed by atoms with Crippen LogP contribution in [0.2, 0.25) is 0 Å². The van der Waals surface area contributed by atoms with E-state index in [1.807, 2.05) is 0 Å². The number of hydrogen-bond donors (Lipinski definition) is 0. The zero-order chi connectivity index (χ0) is 12.3. The predicted molar refractivity (Wildman–Crippen MR) is 60.2 cm³/mol. The number of carbonyl (C=O) groups is 1. The summed E-state index contributed by atoms with van der Waals surface area (Å²) in [7, 11) is 0. The highest BCUT2D eigenvalue weighted by Crippen LogP contribution is 2.19. The molecule has 0 N–H and O–H groups in total. The fourth-order valence-corrected chi connectivity index (χ4v) is 2.01. The number of nitrogens with zero attached hydrogens (tertiary/aromatic N) is 2. The Balaban J connectivity index is 2.01. The van der Waals surface area contributed by atoms with E-state index in [-0.39, 0.29) is 24.1 Å². The summed E-state index contributed by atoms with van der Waals surface area (Å²) >= 11 is 0. The summed E-state index contributed by atoms with van der Waals surface area (Å²) in [5.74, 6) is -0.472. The summed E-state index contributed by atoms with van der Waals surface area (Å²) in [6.45, 7) is 1.00. The Morgan fingerprint density at radius 3 is 3.00 bits per heavy atom. The van der Waals surface area contributed by atoms with Crippen molar-refractivity contribution in [2.75, 3.05) is 6.54 Å². The van der Waals surface area contributed by atoms with Gasteiger partial charge in [0.1, 0.15) is 5.82 Å². The van der Waals surface area contributed by atoms with E-state index in [1.165, 1.54) is 12.1 Å². The third-order valence-corrected chi connectivity index (χ3v) is 2.97. The first-order chi connectivity index (χ1) is 8.19. The summed E-state index contributed by atoms with van der Waals surface area (Å²) in [5, 5.41) is 8.75. The Labute approximate surface area is 99.5 Å². The largest absolute Gasteiger partial charge is 0.338 e. The summed E-state index contributed by atoms with van der Waals surface area (Å²) in [5.41, 5.74) is 0.786. The van der Waals surface area contributed by atoms with Crippen LogP contribution in [0.25, 0.3) is 0 Å². The summed E-state index contributed by atoms with van der Waals surface area (Å²) < 4.78 is 13.0. The number of carbonyl (C=O) groups excluding carboxylic acids is 1. The van der Waals surface area contributed by atoms with Gasteiger partial charge in [0.2, 0.25) is 5.91 Å². The first-order valence-corrected chi connectivity index (χ1v) is 5.61. The second-order valence-corrected chi connectivity index (χ2v) is 4.26. The van der Waals surface area contributed by atoms with Crippen LogP contribution in [0.15, 0.2) is 24.3 Å². The van der Waals surface area contributed by atoms with Gasteiger partial charge in [-0.3, -0.25) is 4.79 Å². The van der Waals surface area contributed by atoms with Crippen LogP contribution in [0.5, 0.6) is 0 Å². The molecule has 0 radical (unpaired) electrons. The molecule has 1 amide bonds. The minimum Gasteiger partial charge on any atom is -0.338 e. The lowest BCUT2D eigenvalue weighted by atomic mass is 9.97. The lowest BCUT2D eigenvalue weighted by Crippen LogP contribution is -2.37. The zero-order valence-electron chi connectivity index (χ0n) is 9.40. The molecule has 0 saturated carbocycles. The molecule has 1 unspecified atom stereocenters. The molecule has 1 atom stereocenters. The normalized spacial score (nSPS) is 20.1. The molecule has 1 aliphatic rings. The van der Waals surface area contributed by atoms with Crippen LogP contribution in [0.1, 0.15) is 18.4 Å². The average Bonchev–Trinajstić information content (AvgIpc) is 2.32. The number of halogens is 1. The highest BCUT2D eigenvalue weighted by Gasteiger charge is 2.25. The second-order valence-electron chi connectivity index (χ2n) is 4.26. The van der Waals surface area contributed by atoms with Crippen molar-refractivity contribution in [2.24, 2.45) is 5.92 Å². The van der Waals surface area contributed by atoms with Crippen molar-refractivity contribution in [1.29, 1.82) is 5.26 Å². The number of amides is 1. The molecule has 0 spiro atoms. The fourth-order valence-electron chi connectivity index (χ4n) is 2.01. The molecule has 88 valence electrons. The van der Waals surface area contributed by atoms with Gasteiger partial charge in [0.15, 0.2) is 0 Å². The van der Waals surface area contributed by atoms with E-state index in [0.29, 0.717) is 19.5 Å². The summed E-state index contributed by atoms with van der Waals surface area (Å²) in [6, 6.07) is 8.37. The van der Waals surface area contributed by atoms with Crippen LogP contribution < -0.4 is 0 Å². The maximum Gasteiger partial charge on any atom is 0.224 e. The smallest absolute Gasteiger partial charge is 0.224 e. The molecule has 1 aromatic carbocycles. The van der Waals surface area contributed by atoms with Gasteiger partial charge in [-0.25, -0.2) is 4.39 Å². The minimum absolute atomic E-state index is 0.0212. The van der Waals surface area contributed by atoms with Gasteiger partial charge in [-0.05, 0) is 24.1 Å². The zero-order valence-corrected chi connectivity index (χ0v) is 9.40. The Morgan fingerprint density at radius 2 is 2.35 bits per heavy atom. The van der Waals surface area contributed by atoms with E-state index in [2.05, 4.69) is 6.07 Å². The fraction of sp³-hybridized carbons (Fsp3) is 0.385. The minimum atomic E-state index is -0.290. The van der Waals surface area contributed by atoms with Crippen molar-refractivity contribution in [2.45, 2.75) is 19.4 Å². The van der Waals surface area contributed by atoms with E-state index in [4.69, 9.17) is 5.26 Å². The van der Waals surface area contributed by atoms with Crippen molar-refractivity contribution in [1.82, 2.24) is 4.90 Å². The van der Waals surface area contributed by atoms with Crippen LogP contribution in [0.3, 0.4) is 0 Å². The van der Waals surface area contributed by atoms with Crippen LogP contribution in [0.4, 0.5) is 4.39 Å². The van der Waals surface area contributed by atoms with Crippen LogP contribution >= 0.6 is 0 Å². The standard InChI is InChI=1S/C13H13FN2O/c14-12-3-1-2-11(6-12)9-16-5-4-10(8-15)7-13(16)17/h1-3,6,10H,4-5,7,9H2. The molecule has 0 aromatic heterocycles. The lowest BCUT2D eigenvalue weighted by molar-refractivity contribution is -0.134. The average molecular weight is 232 g/mol. The van der Waals surface area contributed by atoms with E-state index in [9.17, 15) is 9.18 Å². The Morgan fingerprint density at radius 1 is 1.53 bits per heavy atom. The molecular formula is C13H13FN2O. The number of rotatable bonds is 2. The number of benzene rings is 1. The topological polar surface area (TPSA) is 44.1 Å². The first-order valence-electron chi connectivity index (χ1n) is 5.61. The number of nitriles is 1. The Hall–Kier alpha value is -1.89. The van der Waals surface area contributed by atoms with Crippen molar-refractivity contribution in [3.05, 3.63) is 35.6 Å². The summed E-state index contributed by atoms with van der Waals surface area (Å²) in [6.07, 6.45) is 0.989. The molecule has 1 aliphatic heterocycles. The highest BCUT2D eigenvalue weighted by molar-refractivity contribution is 5.77. The monoisotopic (exact) mass is 232 g/mol. The van der Waals surface area contributed by atoms with Gasteiger partial charge in [0, 0.05) is 19.5 Å². The second kappa shape index (κ2) is 4.96. The molecule has 1 aromatic rings.